The minimum absolute atomic E-state index is 0.529. The van der Waals surface area contributed by atoms with Crippen molar-refractivity contribution in [1.29, 1.82) is 0 Å². The molecule has 2 rings (SSSR count). The SMILES string of the molecule is CCCCCC=CC=CC=O.CCc1ncc(C)nc1C.O=CCc1ccccc1. The quantitative estimate of drug-likeness (QED) is 0.222. The van der Waals surface area contributed by atoms with Gasteiger partial charge in [-0.3, -0.25) is 14.8 Å². The van der Waals surface area contributed by atoms with Crippen LogP contribution < -0.4 is 0 Å². The molecule has 1 heterocycles. The van der Waals surface area contributed by atoms with E-state index in [9.17, 15) is 9.59 Å². The zero-order valence-corrected chi connectivity index (χ0v) is 18.9. The number of aromatic nitrogens is 2. The van der Waals surface area contributed by atoms with Crippen LogP contribution >= 0.6 is 0 Å². The van der Waals surface area contributed by atoms with Gasteiger partial charge in [0, 0.05) is 12.6 Å². The van der Waals surface area contributed by atoms with Crippen LogP contribution in [0.1, 0.15) is 62.2 Å². The first kappa shape index (κ1) is 27.1. The predicted molar refractivity (Wildman–Crippen MR) is 126 cm³/mol. The molecule has 0 bridgehead atoms. The van der Waals surface area contributed by atoms with E-state index in [1.54, 1.807) is 6.08 Å². The number of benzene rings is 1. The minimum Gasteiger partial charge on any atom is -0.303 e. The highest BCUT2D eigenvalue weighted by atomic mass is 16.1. The molecule has 2 aromatic rings. The topological polar surface area (TPSA) is 59.9 Å². The van der Waals surface area contributed by atoms with Crippen LogP contribution in [0.4, 0.5) is 0 Å². The fraction of sp³-hybridized carbons (Fsp3) is 0.385. The fourth-order valence-corrected chi connectivity index (χ4v) is 2.48. The van der Waals surface area contributed by atoms with Crippen molar-refractivity contribution in [3.8, 4) is 0 Å². The lowest BCUT2D eigenvalue weighted by molar-refractivity contribution is -0.107. The Labute approximate surface area is 182 Å². The third-order valence-corrected chi connectivity index (χ3v) is 4.08. The Morgan fingerprint density at radius 1 is 0.933 bits per heavy atom. The summed E-state index contributed by atoms with van der Waals surface area (Å²) >= 11 is 0. The van der Waals surface area contributed by atoms with Crippen LogP contribution in [-0.2, 0) is 22.4 Å². The highest BCUT2D eigenvalue weighted by molar-refractivity contribution is 5.65. The van der Waals surface area contributed by atoms with Crippen LogP contribution in [0, 0.1) is 13.8 Å². The van der Waals surface area contributed by atoms with E-state index in [-0.39, 0.29) is 0 Å². The normalized spacial score (nSPS) is 10.1. The summed E-state index contributed by atoms with van der Waals surface area (Å²) in [5, 5.41) is 0. The van der Waals surface area contributed by atoms with Crippen molar-refractivity contribution in [1.82, 2.24) is 9.97 Å². The van der Waals surface area contributed by atoms with Gasteiger partial charge in [-0.1, -0.05) is 75.2 Å². The molecule has 1 aromatic carbocycles. The second-order valence-corrected chi connectivity index (χ2v) is 6.70. The number of aldehydes is 2. The van der Waals surface area contributed by atoms with Crippen LogP contribution in [0.25, 0.3) is 0 Å². The van der Waals surface area contributed by atoms with Crippen LogP contribution in [0.5, 0.6) is 0 Å². The number of unbranched alkanes of at least 4 members (excludes halogenated alkanes) is 3. The summed E-state index contributed by atoms with van der Waals surface area (Å²) in [5.41, 5.74) is 4.23. The largest absolute Gasteiger partial charge is 0.303 e. The van der Waals surface area contributed by atoms with Gasteiger partial charge in [0.15, 0.2) is 0 Å². The number of nitrogens with zero attached hydrogens (tertiary/aromatic N) is 2. The molecule has 0 spiro atoms. The zero-order chi connectivity index (χ0) is 22.5. The van der Waals surface area contributed by atoms with Crippen molar-refractivity contribution < 1.29 is 9.59 Å². The highest BCUT2D eigenvalue weighted by Gasteiger charge is 1.96. The molecular weight excluding hydrogens is 372 g/mol. The molecule has 1 aromatic heterocycles. The molecule has 0 amide bonds. The number of hydrogen-bond acceptors (Lipinski definition) is 4. The second-order valence-electron chi connectivity index (χ2n) is 6.70. The minimum atomic E-state index is 0.529. The zero-order valence-electron chi connectivity index (χ0n) is 18.9. The van der Waals surface area contributed by atoms with Crippen molar-refractivity contribution in [3.05, 3.63) is 83.5 Å². The Morgan fingerprint density at radius 2 is 1.67 bits per heavy atom. The Bertz CT molecular complexity index is 753. The molecule has 0 aliphatic carbocycles. The summed E-state index contributed by atoms with van der Waals surface area (Å²) in [6.45, 7) is 8.24. The van der Waals surface area contributed by atoms with E-state index in [1.165, 1.54) is 25.3 Å². The van der Waals surface area contributed by atoms with E-state index in [1.807, 2.05) is 56.5 Å². The molecule has 0 atom stereocenters. The first-order chi connectivity index (χ1) is 14.6. The Balaban J connectivity index is 0.000000422. The smallest absolute Gasteiger partial charge is 0.142 e. The number of allylic oxidation sites excluding steroid dienone is 4. The maximum absolute atomic E-state index is 9.97. The number of aryl methyl sites for hydroxylation is 3. The second kappa shape index (κ2) is 19.4. The number of carbonyl (C=O) groups excluding carboxylic acids is 2. The first-order valence-electron chi connectivity index (χ1n) is 10.6. The number of hydrogen-bond donors (Lipinski definition) is 0. The summed E-state index contributed by atoms with van der Waals surface area (Å²) in [4.78, 5) is 28.3. The molecule has 0 saturated carbocycles. The Hall–Kier alpha value is -2.88. The molecule has 4 heteroatoms. The highest BCUT2D eigenvalue weighted by Crippen LogP contribution is 2.02. The van der Waals surface area contributed by atoms with Crippen LogP contribution in [0.15, 0.2) is 60.8 Å². The van der Waals surface area contributed by atoms with Gasteiger partial charge >= 0.3 is 0 Å². The first-order valence-corrected chi connectivity index (χ1v) is 10.6. The van der Waals surface area contributed by atoms with Gasteiger partial charge in [0.2, 0.25) is 0 Å². The molecule has 0 fully saturated rings. The van der Waals surface area contributed by atoms with Gasteiger partial charge in [-0.2, -0.15) is 0 Å². The van der Waals surface area contributed by atoms with E-state index in [2.05, 4.69) is 29.9 Å². The lowest BCUT2D eigenvalue weighted by Crippen LogP contribution is -1.96. The van der Waals surface area contributed by atoms with Crippen LogP contribution in [0.3, 0.4) is 0 Å². The standard InChI is InChI=1S/C10H16O.C8H12N2.C8H8O/c1-2-3-4-5-6-7-8-9-10-11;1-4-8-7(3)10-6(2)5-9-8;9-7-6-8-4-2-1-3-5-8/h6-10H,2-5H2,1H3;5H,4H2,1-3H3;1-5,7H,6H2. The van der Waals surface area contributed by atoms with Gasteiger partial charge < -0.3 is 4.79 Å². The number of carbonyl (C=O) groups is 2. The average Bonchev–Trinajstić information content (AvgIpc) is 2.75. The van der Waals surface area contributed by atoms with E-state index >= 15 is 0 Å². The van der Waals surface area contributed by atoms with Gasteiger partial charge in [0.25, 0.3) is 0 Å². The molecule has 30 heavy (non-hydrogen) atoms. The molecule has 162 valence electrons. The number of rotatable bonds is 9. The fourth-order valence-electron chi connectivity index (χ4n) is 2.48. The average molecular weight is 409 g/mol. The lowest BCUT2D eigenvalue weighted by atomic mass is 10.2. The van der Waals surface area contributed by atoms with Gasteiger partial charge in [-0.25, -0.2) is 0 Å². The molecule has 0 radical (unpaired) electrons. The Kier molecular flexibility index (Phi) is 17.6. The van der Waals surface area contributed by atoms with Crippen LogP contribution in [0.2, 0.25) is 0 Å². The molecule has 0 unspecified atom stereocenters. The third kappa shape index (κ3) is 15.1. The van der Waals surface area contributed by atoms with E-state index in [0.29, 0.717) is 6.42 Å². The monoisotopic (exact) mass is 408 g/mol. The summed E-state index contributed by atoms with van der Waals surface area (Å²) in [7, 11) is 0. The van der Waals surface area contributed by atoms with Crippen molar-refractivity contribution in [2.75, 3.05) is 0 Å². The molecular formula is C26H36N2O2. The summed E-state index contributed by atoms with van der Waals surface area (Å²) < 4.78 is 0. The predicted octanol–water partition coefficient (Wildman–Crippen LogP) is 5.96. The Morgan fingerprint density at radius 3 is 2.23 bits per heavy atom. The van der Waals surface area contributed by atoms with Crippen LogP contribution in [-0.4, -0.2) is 22.5 Å². The molecule has 0 aliphatic rings. The maximum atomic E-state index is 9.97. The van der Waals surface area contributed by atoms with Crippen molar-refractivity contribution >= 4 is 12.6 Å². The molecule has 0 aliphatic heterocycles. The molecule has 0 N–H and O–H groups in total. The van der Waals surface area contributed by atoms with Crippen molar-refractivity contribution in [2.45, 2.75) is 66.2 Å². The van der Waals surface area contributed by atoms with Gasteiger partial charge in [-0.15, -0.1) is 0 Å². The summed E-state index contributed by atoms with van der Waals surface area (Å²) in [5.74, 6) is 0. The maximum Gasteiger partial charge on any atom is 0.142 e. The van der Waals surface area contributed by atoms with E-state index in [4.69, 9.17) is 0 Å². The lowest BCUT2D eigenvalue weighted by Gasteiger charge is -1.99. The molecule has 0 saturated heterocycles. The molecule has 4 nitrogen and oxygen atoms in total. The van der Waals surface area contributed by atoms with Gasteiger partial charge in [0.05, 0.1) is 17.1 Å². The summed E-state index contributed by atoms with van der Waals surface area (Å²) in [6, 6.07) is 9.68. The third-order valence-electron chi connectivity index (χ3n) is 4.08. The summed E-state index contributed by atoms with van der Waals surface area (Å²) in [6.07, 6.45) is 17.2. The van der Waals surface area contributed by atoms with E-state index in [0.717, 1.165) is 48.1 Å². The van der Waals surface area contributed by atoms with E-state index < -0.39 is 0 Å². The van der Waals surface area contributed by atoms with Gasteiger partial charge in [0.1, 0.15) is 12.6 Å². The van der Waals surface area contributed by atoms with Crippen molar-refractivity contribution in [2.24, 2.45) is 0 Å². The van der Waals surface area contributed by atoms with Gasteiger partial charge in [-0.05, 0) is 44.7 Å². The van der Waals surface area contributed by atoms with Crippen molar-refractivity contribution in [3.63, 3.8) is 0 Å².